The fourth-order valence-corrected chi connectivity index (χ4v) is 4.29. The molecule has 0 aromatic heterocycles. The van der Waals surface area contributed by atoms with Crippen LogP contribution in [0.1, 0.15) is 38.7 Å². The summed E-state index contributed by atoms with van der Waals surface area (Å²) in [4.78, 5) is 14.8. The number of carbonyl (C=O) groups is 1. The summed E-state index contributed by atoms with van der Waals surface area (Å²) in [7, 11) is 0. The van der Waals surface area contributed by atoms with E-state index in [0.29, 0.717) is 0 Å². The lowest BCUT2D eigenvalue weighted by Crippen LogP contribution is -2.52. The lowest BCUT2D eigenvalue weighted by molar-refractivity contribution is -0.145. The number of hydrogen-bond acceptors (Lipinski definition) is 8. The molecule has 176 valence electrons. The molecule has 4 atom stereocenters. The van der Waals surface area contributed by atoms with Gasteiger partial charge in [0.15, 0.2) is 0 Å². The molecule has 0 saturated carbocycles. The van der Waals surface area contributed by atoms with E-state index in [9.17, 15) is 20.3 Å². The van der Waals surface area contributed by atoms with Gasteiger partial charge in [-0.2, -0.15) is 5.26 Å². The van der Waals surface area contributed by atoms with Crippen LogP contribution >= 0.6 is 11.8 Å². The predicted molar refractivity (Wildman–Crippen MR) is 126 cm³/mol. The minimum Gasteiger partial charge on any atom is -0.390 e. The number of ether oxygens (including phenoxy) is 1. The Kier molecular flexibility index (Phi) is 11.0. The van der Waals surface area contributed by atoms with Crippen molar-refractivity contribution < 1.29 is 24.9 Å². The van der Waals surface area contributed by atoms with Crippen LogP contribution in [0.5, 0.6) is 0 Å². The highest BCUT2D eigenvalue weighted by atomic mass is 32.2. The number of benzene rings is 1. The second kappa shape index (κ2) is 13.5. The number of aliphatic hydroxyl groups excluding tert-OH is 3. The van der Waals surface area contributed by atoms with Crippen molar-refractivity contribution in [3.8, 4) is 6.07 Å². The molecule has 9 heteroatoms. The van der Waals surface area contributed by atoms with E-state index in [2.05, 4.69) is 24.1 Å². The van der Waals surface area contributed by atoms with Crippen LogP contribution in [0, 0.1) is 11.3 Å². The van der Waals surface area contributed by atoms with E-state index >= 15 is 0 Å². The van der Waals surface area contributed by atoms with Crippen LogP contribution in [-0.2, 0) is 9.53 Å². The average Bonchev–Trinajstić information content (AvgIpc) is 2.79. The summed E-state index contributed by atoms with van der Waals surface area (Å²) in [5.41, 5.74) is 1.29. The Hall–Kier alpha value is -2.09. The van der Waals surface area contributed by atoms with Crippen molar-refractivity contribution in [3.63, 3.8) is 0 Å². The normalized spacial score (nSPS) is 23.4. The van der Waals surface area contributed by atoms with E-state index in [1.54, 1.807) is 0 Å². The third-order valence-corrected chi connectivity index (χ3v) is 6.01. The number of carbonyl (C=O) groups excluding carboxylic acids is 1. The standard InChI is InChI=1S/C23H33N3O5S/c1-3-9-26(10-4-2)18-7-5-16(6-8-18)11-17(13-24)23(30)25-14-20-22(29)19(28)12-21(31-20)32-15-27/h5-8,11,19-22,27-29H,3-4,9-10,12,14-15H2,1-2H3,(H,25,30)/b17-11+/t19-,20-,21?,22+/m1/s1. The van der Waals surface area contributed by atoms with Gasteiger partial charge in [-0.1, -0.05) is 26.0 Å². The fourth-order valence-electron chi connectivity index (χ4n) is 3.57. The van der Waals surface area contributed by atoms with E-state index in [1.165, 1.54) is 6.08 Å². The molecule has 8 nitrogen and oxygen atoms in total. The second-order valence-corrected chi connectivity index (χ2v) is 8.77. The Morgan fingerprint density at radius 2 is 1.94 bits per heavy atom. The van der Waals surface area contributed by atoms with Gasteiger partial charge >= 0.3 is 0 Å². The maximum atomic E-state index is 12.5. The SMILES string of the molecule is CCCN(CCC)c1ccc(/C=C(\C#N)C(=O)NC[C@H]2OC(SCO)C[C@@H](O)[C@@H]2O)cc1. The molecule has 0 aliphatic carbocycles. The van der Waals surface area contributed by atoms with Crippen molar-refractivity contribution in [1.82, 2.24) is 5.32 Å². The Bertz CT molecular complexity index is 790. The number of nitriles is 1. The molecular weight excluding hydrogens is 430 g/mol. The summed E-state index contributed by atoms with van der Waals surface area (Å²) in [6, 6.07) is 9.63. The first-order valence-corrected chi connectivity index (χ1v) is 12.0. The zero-order valence-electron chi connectivity index (χ0n) is 18.6. The van der Waals surface area contributed by atoms with Crippen molar-refractivity contribution in [3.05, 3.63) is 35.4 Å². The molecule has 1 amide bonds. The van der Waals surface area contributed by atoms with Gasteiger partial charge in [-0.15, -0.1) is 11.8 Å². The smallest absolute Gasteiger partial charge is 0.262 e. The number of amides is 1. The molecular formula is C23H33N3O5S. The number of anilines is 1. The monoisotopic (exact) mass is 463 g/mol. The Balaban J connectivity index is 2.01. The summed E-state index contributed by atoms with van der Waals surface area (Å²) < 4.78 is 5.64. The quantitative estimate of drug-likeness (QED) is 0.223. The zero-order valence-corrected chi connectivity index (χ0v) is 19.4. The van der Waals surface area contributed by atoms with Crippen LogP contribution in [-0.4, -0.2) is 70.5 Å². The Labute approximate surface area is 193 Å². The van der Waals surface area contributed by atoms with Crippen molar-refractivity contribution in [2.75, 3.05) is 30.5 Å². The molecule has 2 rings (SSSR count). The number of nitrogens with one attached hydrogen (secondary N) is 1. The molecule has 1 fully saturated rings. The van der Waals surface area contributed by atoms with Gasteiger partial charge in [-0.05, 0) is 36.6 Å². The number of thioether (sulfide) groups is 1. The summed E-state index contributed by atoms with van der Waals surface area (Å²) >= 11 is 1.10. The lowest BCUT2D eigenvalue weighted by Gasteiger charge is -2.36. The molecule has 1 aliphatic heterocycles. The van der Waals surface area contributed by atoms with E-state index in [4.69, 9.17) is 9.84 Å². The van der Waals surface area contributed by atoms with E-state index < -0.39 is 29.7 Å². The van der Waals surface area contributed by atoms with Crippen LogP contribution in [0.4, 0.5) is 5.69 Å². The fraction of sp³-hybridized carbons (Fsp3) is 0.565. The van der Waals surface area contributed by atoms with Gasteiger partial charge in [-0.25, -0.2) is 0 Å². The van der Waals surface area contributed by atoms with Crippen LogP contribution in [0.2, 0.25) is 0 Å². The van der Waals surface area contributed by atoms with Crippen LogP contribution < -0.4 is 10.2 Å². The lowest BCUT2D eigenvalue weighted by atomic mass is 10.0. The van der Waals surface area contributed by atoms with Crippen molar-refractivity contribution >= 4 is 29.4 Å². The van der Waals surface area contributed by atoms with Crippen LogP contribution in [0.3, 0.4) is 0 Å². The minimum absolute atomic E-state index is 0.0659. The van der Waals surface area contributed by atoms with Gasteiger partial charge in [0.05, 0.1) is 12.0 Å². The number of hydrogen-bond donors (Lipinski definition) is 4. The largest absolute Gasteiger partial charge is 0.390 e. The topological polar surface area (TPSA) is 126 Å². The number of rotatable bonds is 11. The predicted octanol–water partition coefficient (Wildman–Crippen LogP) is 1.86. The highest BCUT2D eigenvalue weighted by Gasteiger charge is 2.37. The van der Waals surface area contributed by atoms with Gasteiger partial charge in [0.1, 0.15) is 29.3 Å². The van der Waals surface area contributed by atoms with Crippen molar-refractivity contribution in [2.45, 2.75) is 56.9 Å². The molecule has 1 aliphatic rings. The second-order valence-electron chi connectivity index (χ2n) is 7.65. The summed E-state index contributed by atoms with van der Waals surface area (Å²) in [5.74, 6) is -0.765. The molecule has 1 unspecified atom stereocenters. The first kappa shape index (κ1) is 26.2. The van der Waals surface area contributed by atoms with Gasteiger partial charge < -0.3 is 30.3 Å². The maximum Gasteiger partial charge on any atom is 0.262 e. The van der Waals surface area contributed by atoms with Crippen LogP contribution in [0.25, 0.3) is 6.08 Å². The first-order chi connectivity index (χ1) is 15.4. The summed E-state index contributed by atoms with van der Waals surface area (Å²) in [6.45, 7) is 6.15. The van der Waals surface area contributed by atoms with Crippen LogP contribution in [0.15, 0.2) is 29.8 Å². The Morgan fingerprint density at radius 1 is 1.28 bits per heavy atom. The molecule has 0 spiro atoms. The van der Waals surface area contributed by atoms with Crippen molar-refractivity contribution in [2.24, 2.45) is 0 Å². The Morgan fingerprint density at radius 3 is 2.50 bits per heavy atom. The maximum absolute atomic E-state index is 12.5. The summed E-state index contributed by atoms with van der Waals surface area (Å²) in [5, 5.41) is 41.2. The molecule has 0 radical (unpaired) electrons. The van der Waals surface area contributed by atoms with E-state index in [-0.39, 0.29) is 24.5 Å². The zero-order chi connectivity index (χ0) is 23.5. The van der Waals surface area contributed by atoms with Gasteiger partial charge in [0, 0.05) is 31.7 Å². The minimum atomic E-state index is -1.16. The molecule has 1 aromatic carbocycles. The summed E-state index contributed by atoms with van der Waals surface area (Å²) in [6.07, 6.45) is 0.785. The third kappa shape index (κ3) is 7.50. The highest BCUT2D eigenvalue weighted by Crippen LogP contribution is 2.27. The van der Waals surface area contributed by atoms with E-state index in [0.717, 1.165) is 48.9 Å². The molecule has 1 saturated heterocycles. The molecule has 32 heavy (non-hydrogen) atoms. The molecule has 1 heterocycles. The highest BCUT2D eigenvalue weighted by molar-refractivity contribution is 7.99. The third-order valence-electron chi connectivity index (χ3n) is 5.18. The molecule has 4 N–H and O–H groups in total. The van der Waals surface area contributed by atoms with Crippen molar-refractivity contribution in [1.29, 1.82) is 5.26 Å². The average molecular weight is 464 g/mol. The first-order valence-electron chi connectivity index (χ1n) is 10.9. The van der Waals surface area contributed by atoms with Gasteiger partial charge in [0.25, 0.3) is 5.91 Å². The van der Waals surface area contributed by atoms with E-state index in [1.807, 2.05) is 30.3 Å². The van der Waals surface area contributed by atoms with Gasteiger partial charge in [0.2, 0.25) is 0 Å². The number of nitrogens with zero attached hydrogens (tertiary/aromatic N) is 2. The molecule has 1 aromatic rings. The molecule has 0 bridgehead atoms. The number of aliphatic hydroxyl groups is 3. The van der Waals surface area contributed by atoms with Gasteiger partial charge in [-0.3, -0.25) is 4.79 Å².